The lowest BCUT2D eigenvalue weighted by Crippen LogP contribution is -2.20. The molecule has 6 nitrogen and oxygen atoms in total. The molecular weight excluding hydrogens is 216 g/mol. The monoisotopic (exact) mass is 232 g/mol. The molecule has 3 N–H and O–H groups in total. The van der Waals surface area contributed by atoms with Crippen molar-refractivity contribution in [2.75, 3.05) is 18.4 Å². The molecular formula is C11H16N6. The lowest BCUT2D eigenvalue weighted by molar-refractivity contribution is 0.500. The third-order valence-corrected chi connectivity index (χ3v) is 3.48. The predicted molar refractivity (Wildman–Crippen MR) is 64.6 cm³/mol. The molecule has 0 aliphatic heterocycles. The molecule has 1 aliphatic carbocycles. The maximum atomic E-state index is 5.63. The third-order valence-electron chi connectivity index (χ3n) is 3.48. The van der Waals surface area contributed by atoms with Crippen LogP contribution in [0.15, 0.2) is 18.7 Å². The zero-order valence-corrected chi connectivity index (χ0v) is 9.63. The standard InChI is InChI=1S/C11H16N6/c12-4-3-11(1-2-11)7-14-9-10-16-15-8-17(10)6-5-13-9/h5-6,8H,1-4,7,12H2,(H,13,14). The Morgan fingerprint density at radius 1 is 1.47 bits per heavy atom. The minimum absolute atomic E-state index is 0.392. The van der Waals surface area contributed by atoms with Crippen molar-refractivity contribution in [3.05, 3.63) is 18.7 Å². The second kappa shape index (κ2) is 3.96. The molecule has 1 fully saturated rings. The number of rotatable bonds is 5. The van der Waals surface area contributed by atoms with Crippen molar-refractivity contribution in [1.29, 1.82) is 0 Å². The second-order valence-corrected chi connectivity index (χ2v) is 4.73. The van der Waals surface area contributed by atoms with E-state index < -0.39 is 0 Å². The van der Waals surface area contributed by atoms with Crippen molar-refractivity contribution < 1.29 is 0 Å². The lowest BCUT2D eigenvalue weighted by atomic mass is 10.0. The van der Waals surface area contributed by atoms with Crippen LogP contribution in [0.2, 0.25) is 0 Å². The van der Waals surface area contributed by atoms with Gasteiger partial charge in [0, 0.05) is 18.9 Å². The van der Waals surface area contributed by atoms with Gasteiger partial charge in [-0.05, 0) is 31.2 Å². The number of aromatic nitrogens is 4. The molecule has 0 bridgehead atoms. The largest absolute Gasteiger partial charge is 0.366 e. The molecule has 2 heterocycles. The van der Waals surface area contributed by atoms with Crippen LogP contribution in [-0.2, 0) is 0 Å². The zero-order valence-electron chi connectivity index (χ0n) is 9.63. The fraction of sp³-hybridized carbons (Fsp3) is 0.545. The van der Waals surface area contributed by atoms with E-state index in [0.717, 1.165) is 31.0 Å². The summed E-state index contributed by atoms with van der Waals surface area (Å²) in [5.74, 6) is 0.799. The van der Waals surface area contributed by atoms with Gasteiger partial charge in [-0.1, -0.05) is 0 Å². The van der Waals surface area contributed by atoms with Crippen molar-refractivity contribution in [2.24, 2.45) is 11.1 Å². The van der Waals surface area contributed by atoms with Gasteiger partial charge >= 0.3 is 0 Å². The number of hydrogen-bond acceptors (Lipinski definition) is 5. The molecule has 0 spiro atoms. The summed E-state index contributed by atoms with van der Waals surface area (Å²) in [4.78, 5) is 4.30. The fourth-order valence-corrected chi connectivity index (χ4v) is 2.15. The molecule has 1 aliphatic rings. The Balaban J connectivity index is 1.75. The Morgan fingerprint density at radius 3 is 3.12 bits per heavy atom. The summed E-state index contributed by atoms with van der Waals surface area (Å²) in [6.07, 6.45) is 8.86. The first-order valence-corrected chi connectivity index (χ1v) is 5.91. The molecule has 2 aromatic heterocycles. The van der Waals surface area contributed by atoms with Gasteiger partial charge < -0.3 is 11.1 Å². The SMILES string of the molecule is NCCC1(CNc2nccn3cnnc23)CC1. The molecule has 3 rings (SSSR count). The Bertz CT molecular complexity index is 515. The van der Waals surface area contributed by atoms with Gasteiger partial charge in [0.25, 0.3) is 0 Å². The number of nitrogens with one attached hydrogen (secondary N) is 1. The maximum absolute atomic E-state index is 5.63. The summed E-state index contributed by atoms with van der Waals surface area (Å²) in [5, 5.41) is 11.3. The smallest absolute Gasteiger partial charge is 0.203 e. The average molecular weight is 232 g/mol. The first-order valence-electron chi connectivity index (χ1n) is 5.91. The van der Waals surface area contributed by atoms with Crippen LogP contribution in [0.1, 0.15) is 19.3 Å². The van der Waals surface area contributed by atoms with Crippen LogP contribution >= 0.6 is 0 Å². The lowest BCUT2D eigenvalue weighted by Gasteiger charge is -2.15. The highest BCUT2D eigenvalue weighted by atomic mass is 15.2. The van der Waals surface area contributed by atoms with Crippen molar-refractivity contribution in [1.82, 2.24) is 19.6 Å². The molecule has 0 atom stereocenters. The summed E-state index contributed by atoms with van der Waals surface area (Å²) in [5.41, 5.74) is 6.79. The third kappa shape index (κ3) is 1.95. The van der Waals surface area contributed by atoms with Crippen LogP contribution in [-0.4, -0.2) is 32.7 Å². The van der Waals surface area contributed by atoms with Crippen LogP contribution in [0.4, 0.5) is 5.82 Å². The van der Waals surface area contributed by atoms with Gasteiger partial charge in [-0.25, -0.2) is 4.98 Å². The first-order chi connectivity index (χ1) is 8.33. The van der Waals surface area contributed by atoms with Crippen LogP contribution < -0.4 is 11.1 Å². The van der Waals surface area contributed by atoms with E-state index in [1.165, 1.54) is 12.8 Å². The van der Waals surface area contributed by atoms with Crippen LogP contribution in [0.5, 0.6) is 0 Å². The van der Waals surface area contributed by atoms with Crippen LogP contribution in [0, 0.1) is 5.41 Å². The summed E-state index contributed by atoms with van der Waals surface area (Å²) >= 11 is 0. The quantitative estimate of drug-likeness (QED) is 0.791. The van der Waals surface area contributed by atoms with Crippen LogP contribution in [0.3, 0.4) is 0 Å². The van der Waals surface area contributed by atoms with Gasteiger partial charge in [0.2, 0.25) is 5.65 Å². The molecule has 90 valence electrons. The van der Waals surface area contributed by atoms with Crippen molar-refractivity contribution >= 4 is 11.5 Å². The molecule has 6 heteroatoms. The van der Waals surface area contributed by atoms with E-state index in [2.05, 4.69) is 20.5 Å². The summed E-state index contributed by atoms with van der Waals surface area (Å²) in [7, 11) is 0. The highest BCUT2D eigenvalue weighted by Crippen LogP contribution is 2.48. The summed E-state index contributed by atoms with van der Waals surface area (Å²) < 4.78 is 1.86. The normalized spacial score (nSPS) is 17.2. The predicted octanol–water partition coefficient (Wildman–Crippen LogP) is 0.665. The van der Waals surface area contributed by atoms with E-state index >= 15 is 0 Å². The van der Waals surface area contributed by atoms with E-state index in [9.17, 15) is 0 Å². The molecule has 0 saturated heterocycles. The van der Waals surface area contributed by atoms with Gasteiger partial charge in [-0.15, -0.1) is 10.2 Å². The van der Waals surface area contributed by atoms with E-state index in [0.29, 0.717) is 5.41 Å². The molecule has 2 aromatic rings. The summed E-state index contributed by atoms with van der Waals surface area (Å²) in [6, 6.07) is 0. The molecule has 0 aromatic carbocycles. The molecule has 17 heavy (non-hydrogen) atoms. The van der Waals surface area contributed by atoms with Gasteiger partial charge in [0.1, 0.15) is 6.33 Å². The van der Waals surface area contributed by atoms with Gasteiger partial charge in [-0.2, -0.15) is 0 Å². The number of anilines is 1. The Labute approximate surface area is 99.3 Å². The van der Waals surface area contributed by atoms with Crippen molar-refractivity contribution in [3.63, 3.8) is 0 Å². The van der Waals surface area contributed by atoms with E-state index in [1.54, 1.807) is 12.5 Å². The molecule has 1 saturated carbocycles. The highest BCUT2D eigenvalue weighted by molar-refractivity contribution is 5.61. The van der Waals surface area contributed by atoms with Gasteiger partial charge in [0.15, 0.2) is 5.82 Å². The average Bonchev–Trinajstić information content (AvgIpc) is 2.92. The topological polar surface area (TPSA) is 81.1 Å². The zero-order chi connectivity index (χ0) is 11.7. The number of nitrogens with two attached hydrogens (primary N) is 1. The van der Waals surface area contributed by atoms with E-state index in [1.807, 2.05) is 10.6 Å². The summed E-state index contributed by atoms with van der Waals surface area (Å²) in [6.45, 7) is 1.67. The van der Waals surface area contributed by atoms with Gasteiger partial charge in [0.05, 0.1) is 0 Å². The molecule has 0 radical (unpaired) electrons. The van der Waals surface area contributed by atoms with Gasteiger partial charge in [-0.3, -0.25) is 4.40 Å². The second-order valence-electron chi connectivity index (χ2n) is 4.73. The number of fused-ring (bicyclic) bond motifs is 1. The number of nitrogens with zero attached hydrogens (tertiary/aromatic N) is 4. The van der Waals surface area contributed by atoms with Crippen LogP contribution in [0.25, 0.3) is 5.65 Å². The van der Waals surface area contributed by atoms with Crippen molar-refractivity contribution in [3.8, 4) is 0 Å². The van der Waals surface area contributed by atoms with Crippen molar-refractivity contribution in [2.45, 2.75) is 19.3 Å². The fourth-order valence-electron chi connectivity index (χ4n) is 2.15. The van der Waals surface area contributed by atoms with E-state index in [4.69, 9.17) is 5.73 Å². The number of hydrogen-bond donors (Lipinski definition) is 2. The minimum atomic E-state index is 0.392. The first kappa shape index (κ1) is 10.5. The molecule has 0 unspecified atom stereocenters. The molecule has 0 amide bonds. The van der Waals surface area contributed by atoms with E-state index in [-0.39, 0.29) is 0 Å². The Morgan fingerprint density at radius 2 is 2.35 bits per heavy atom. The Hall–Kier alpha value is -1.69. The highest BCUT2D eigenvalue weighted by Gasteiger charge is 2.41. The minimum Gasteiger partial charge on any atom is -0.366 e. The maximum Gasteiger partial charge on any atom is 0.203 e. The Kier molecular flexibility index (Phi) is 2.44.